The van der Waals surface area contributed by atoms with E-state index in [4.69, 9.17) is 0 Å². The molecule has 0 bridgehead atoms. The van der Waals surface area contributed by atoms with Crippen LogP contribution in [0.5, 0.6) is 0 Å². The summed E-state index contributed by atoms with van der Waals surface area (Å²) in [5, 5.41) is 9.55. The predicted octanol–water partition coefficient (Wildman–Crippen LogP) is 13.2. The second-order valence-corrected chi connectivity index (χ2v) is 14.6. The van der Waals surface area contributed by atoms with Crippen molar-refractivity contribution in [2.75, 3.05) is 0 Å². The minimum atomic E-state index is 0. The maximum absolute atomic E-state index is 4.45. The van der Waals surface area contributed by atoms with Gasteiger partial charge in [-0.2, -0.15) is 0 Å². The van der Waals surface area contributed by atoms with Gasteiger partial charge in [-0.15, -0.1) is 144 Å². The maximum Gasteiger partial charge on any atom is 0.0167 e. The van der Waals surface area contributed by atoms with E-state index in [1.165, 1.54) is 43.1 Å². The third-order valence-corrected chi connectivity index (χ3v) is 10.6. The van der Waals surface area contributed by atoms with Crippen LogP contribution in [0.4, 0.5) is 0 Å². The number of benzene rings is 8. The Balaban J connectivity index is 0.000000166. The van der Waals surface area contributed by atoms with Gasteiger partial charge in [0.25, 0.3) is 0 Å². The van der Waals surface area contributed by atoms with E-state index in [2.05, 4.69) is 92.7 Å². The predicted molar refractivity (Wildman–Crippen MR) is 271 cm³/mol. The Morgan fingerprint density at radius 3 is 0.647 bits per heavy atom. The number of rotatable bonds is 4. The molecule has 0 unspecified atom stereocenters. The molecule has 4 aromatic heterocycles. The molecule has 0 spiro atoms. The Kier molecular flexibility index (Phi) is 19.8. The average molecular weight is 1240 g/mol. The van der Waals surface area contributed by atoms with Crippen molar-refractivity contribution >= 4 is 43.1 Å². The van der Waals surface area contributed by atoms with Crippen LogP contribution in [0.25, 0.3) is 88.1 Å². The second-order valence-electron chi connectivity index (χ2n) is 14.6. The first-order valence-corrected chi connectivity index (χ1v) is 21.0. The molecule has 0 atom stereocenters. The molecule has 0 aliphatic heterocycles. The topological polar surface area (TPSA) is 115 Å². The summed E-state index contributed by atoms with van der Waals surface area (Å²) < 4.78 is 0. The van der Waals surface area contributed by atoms with Crippen molar-refractivity contribution in [3.05, 3.63) is 267 Å². The van der Waals surface area contributed by atoms with Crippen molar-refractivity contribution in [1.29, 1.82) is 0 Å². The summed E-state index contributed by atoms with van der Waals surface area (Å²) in [5.41, 5.74) is 8.16. The molecule has 0 aliphatic carbocycles. The Hall–Kier alpha value is -7.38. The molecule has 2 radical (unpaired) electrons. The standard InChI is InChI=1S/4C15H10N.2Ir.2H2O/c4*1-2-7-13(8-3-1)15-14-9-5-4-6-12(14)10-11-16-15;;;;/h4*1-7,9-11H;;;2*1H2/q4*-1;;;;. The van der Waals surface area contributed by atoms with Crippen LogP contribution in [-0.4, -0.2) is 30.9 Å². The summed E-state index contributed by atoms with van der Waals surface area (Å²) in [5.74, 6) is 0. The number of aromatic nitrogens is 4. The van der Waals surface area contributed by atoms with Crippen LogP contribution in [0, 0.1) is 24.3 Å². The van der Waals surface area contributed by atoms with Crippen LogP contribution in [0.1, 0.15) is 0 Å². The van der Waals surface area contributed by atoms with Gasteiger partial charge in [0.15, 0.2) is 0 Å². The number of hydrogen-bond donors (Lipinski definition) is 0. The molecule has 338 valence electrons. The number of fused-ring (bicyclic) bond motifs is 4. The minimum absolute atomic E-state index is 0. The Bertz CT molecular complexity index is 2920. The molecule has 68 heavy (non-hydrogen) atoms. The Morgan fingerprint density at radius 1 is 0.235 bits per heavy atom. The van der Waals surface area contributed by atoms with E-state index in [0.29, 0.717) is 0 Å². The van der Waals surface area contributed by atoms with Crippen LogP contribution in [0.15, 0.2) is 243 Å². The third kappa shape index (κ3) is 12.5. The second kappa shape index (κ2) is 26.1. The molecule has 4 N–H and O–H groups in total. The molecule has 0 amide bonds. The molecule has 8 aromatic carbocycles. The number of pyridine rings is 4. The van der Waals surface area contributed by atoms with Crippen molar-refractivity contribution in [3.8, 4) is 45.0 Å². The molecule has 0 fully saturated rings. The summed E-state index contributed by atoms with van der Waals surface area (Å²) in [6.07, 6.45) is 7.38. The van der Waals surface area contributed by atoms with Crippen LogP contribution in [0.3, 0.4) is 0 Å². The van der Waals surface area contributed by atoms with Crippen molar-refractivity contribution in [2.24, 2.45) is 0 Å². The van der Waals surface area contributed by atoms with E-state index in [0.717, 1.165) is 45.0 Å². The SMILES string of the molecule is O.O.[Ir].[Ir].[c-]1ccccc1-c1nccc2ccccc12.[c-]1ccccc1-c1nccc2ccccc12.[c-]1ccccc1-c1nccc2ccccc12.[c-]1ccccc1-c1nccc2ccccc12. The normalized spacial score (nSPS) is 9.88. The van der Waals surface area contributed by atoms with Gasteiger partial charge in [-0.1, -0.05) is 97.1 Å². The third-order valence-electron chi connectivity index (χ3n) is 10.6. The summed E-state index contributed by atoms with van der Waals surface area (Å²) in [6, 6.07) is 85.8. The minimum Gasteiger partial charge on any atom is -0.412 e. The summed E-state index contributed by atoms with van der Waals surface area (Å²) in [7, 11) is 0. The first kappa shape index (κ1) is 51.6. The Labute approximate surface area is 423 Å². The van der Waals surface area contributed by atoms with E-state index in [9.17, 15) is 0 Å². The zero-order valence-corrected chi connectivity index (χ0v) is 41.3. The quantitative estimate of drug-likeness (QED) is 0.163. The zero-order chi connectivity index (χ0) is 43.2. The molecule has 0 saturated heterocycles. The van der Waals surface area contributed by atoms with E-state index < -0.39 is 0 Å². The maximum atomic E-state index is 4.45. The fourth-order valence-corrected chi connectivity index (χ4v) is 7.50. The van der Waals surface area contributed by atoms with E-state index in [1.807, 2.05) is 195 Å². The van der Waals surface area contributed by atoms with Crippen molar-refractivity contribution in [1.82, 2.24) is 19.9 Å². The largest absolute Gasteiger partial charge is 0.412 e. The molecular formula is C60H44Ir2N4O2-4. The first-order valence-electron chi connectivity index (χ1n) is 21.0. The molecule has 6 nitrogen and oxygen atoms in total. The zero-order valence-electron chi connectivity index (χ0n) is 36.5. The van der Waals surface area contributed by atoms with Gasteiger partial charge in [0.2, 0.25) is 0 Å². The van der Waals surface area contributed by atoms with Gasteiger partial charge in [-0.3, -0.25) is 0 Å². The van der Waals surface area contributed by atoms with E-state index in [-0.39, 0.29) is 51.2 Å². The molecule has 0 aliphatic rings. The monoisotopic (exact) mass is 1240 g/mol. The van der Waals surface area contributed by atoms with Crippen molar-refractivity contribution < 1.29 is 51.2 Å². The average Bonchev–Trinajstić information content (AvgIpc) is 3.39. The summed E-state index contributed by atoms with van der Waals surface area (Å²) >= 11 is 0. The van der Waals surface area contributed by atoms with E-state index >= 15 is 0 Å². The summed E-state index contributed by atoms with van der Waals surface area (Å²) in [4.78, 5) is 17.8. The van der Waals surface area contributed by atoms with Crippen LogP contribution < -0.4 is 0 Å². The Morgan fingerprint density at radius 2 is 0.441 bits per heavy atom. The summed E-state index contributed by atoms with van der Waals surface area (Å²) in [6.45, 7) is 0. The molecule has 0 saturated carbocycles. The molecule has 4 heterocycles. The van der Waals surface area contributed by atoms with Crippen molar-refractivity contribution in [3.63, 3.8) is 0 Å². The van der Waals surface area contributed by atoms with Gasteiger partial charge in [0, 0.05) is 65.0 Å². The van der Waals surface area contributed by atoms with Crippen LogP contribution in [0.2, 0.25) is 0 Å². The van der Waals surface area contributed by atoms with Gasteiger partial charge in [-0.05, 0) is 90.1 Å². The van der Waals surface area contributed by atoms with Gasteiger partial charge in [0.05, 0.1) is 0 Å². The number of nitrogens with zero attached hydrogens (tertiary/aromatic N) is 4. The van der Waals surface area contributed by atoms with Gasteiger partial charge >= 0.3 is 0 Å². The first-order chi connectivity index (χ1) is 31.8. The molecule has 8 heteroatoms. The van der Waals surface area contributed by atoms with Crippen LogP contribution >= 0.6 is 0 Å². The fraction of sp³-hybridized carbons (Fsp3) is 0. The molecule has 12 rings (SSSR count). The van der Waals surface area contributed by atoms with Gasteiger partial charge in [0.1, 0.15) is 0 Å². The van der Waals surface area contributed by atoms with Gasteiger partial charge < -0.3 is 30.9 Å². The van der Waals surface area contributed by atoms with Crippen LogP contribution in [-0.2, 0) is 40.2 Å². The van der Waals surface area contributed by atoms with E-state index in [1.54, 1.807) is 0 Å². The van der Waals surface area contributed by atoms with Gasteiger partial charge in [-0.25, -0.2) is 0 Å². The van der Waals surface area contributed by atoms with Crippen molar-refractivity contribution in [2.45, 2.75) is 0 Å². The number of hydrogen-bond acceptors (Lipinski definition) is 4. The fourth-order valence-electron chi connectivity index (χ4n) is 7.50. The molecular weight excluding hydrogens is 1190 g/mol. The molecule has 12 aromatic rings. The smallest absolute Gasteiger partial charge is 0.0167 e.